The van der Waals surface area contributed by atoms with Crippen LogP contribution >= 0.6 is 0 Å². The predicted octanol–water partition coefficient (Wildman–Crippen LogP) is 5.82. The van der Waals surface area contributed by atoms with E-state index in [-0.39, 0.29) is 0 Å². The van der Waals surface area contributed by atoms with Crippen LogP contribution in [0, 0.1) is 0 Å². The number of nitrogens with one attached hydrogen (secondary N) is 1. The van der Waals surface area contributed by atoms with Gasteiger partial charge < -0.3 is 5.32 Å². The zero-order valence-electron chi connectivity index (χ0n) is 15.8. The molecule has 5 rings (SSSR count). The summed E-state index contributed by atoms with van der Waals surface area (Å²) in [5.74, 6) is 1.74. The number of hydrogen-bond acceptors (Lipinski definition) is 3. The maximum Gasteiger partial charge on any atom is 0.129 e. The molecule has 3 heterocycles. The van der Waals surface area contributed by atoms with Crippen LogP contribution in [0.25, 0.3) is 22.4 Å². The van der Waals surface area contributed by atoms with Crippen LogP contribution in [0.5, 0.6) is 0 Å². The number of pyridine rings is 2. The van der Waals surface area contributed by atoms with Crippen molar-refractivity contribution < 1.29 is 0 Å². The first-order valence-electron chi connectivity index (χ1n) is 10.1. The van der Waals surface area contributed by atoms with Crippen LogP contribution in [-0.4, -0.2) is 16.0 Å². The number of hydrogen-bond donors (Lipinski definition) is 1. The summed E-state index contributed by atoms with van der Waals surface area (Å²) in [6.45, 7) is 2.20. The van der Waals surface area contributed by atoms with E-state index >= 15 is 0 Å². The molecule has 2 aromatic heterocycles. The van der Waals surface area contributed by atoms with E-state index in [1.54, 1.807) is 0 Å². The van der Waals surface area contributed by atoms with Gasteiger partial charge in [0.05, 0.1) is 5.69 Å². The lowest BCUT2D eigenvalue weighted by Gasteiger charge is -2.13. The molecule has 0 amide bonds. The van der Waals surface area contributed by atoms with Gasteiger partial charge in [-0.1, -0.05) is 37.1 Å². The fourth-order valence-electron chi connectivity index (χ4n) is 4.62. The van der Waals surface area contributed by atoms with E-state index in [2.05, 4.69) is 53.6 Å². The molecule has 1 aromatic carbocycles. The molecule has 0 spiro atoms. The van der Waals surface area contributed by atoms with Crippen LogP contribution in [0.1, 0.15) is 49.7 Å². The molecule has 136 valence electrons. The number of aromatic nitrogens is 2. The summed E-state index contributed by atoms with van der Waals surface area (Å²) >= 11 is 0. The number of benzene rings is 1. The summed E-state index contributed by atoms with van der Waals surface area (Å²) in [7, 11) is 0. The van der Waals surface area contributed by atoms with Gasteiger partial charge >= 0.3 is 0 Å². The molecule has 1 saturated carbocycles. The van der Waals surface area contributed by atoms with E-state index in [4.69, 9.17) is 4.98 Å². The van der Waals surface area contributed by atoms with Crippen molar-refractivity contribution in [2.45, 2.75) is 51.0 Å². The molecule has 1 N–H and O–H groups in total. The van der Waals surface area contributed by atoms with Gasteiger partial charge in [0, 0.05) is 35.1 Å². The van der Waals surface area contributed by atoms with Crippen molar-refractivity contribution in [2.75, 3.05) is 5.32 Å². The average molecular weight is 355 g/mol. The van der Waals surface area contributed by atoms with Crippen molar-refractivity contribution >= 4 is 5.82 Å². The third-order valence-corrected chi connectivity index (χ3v) is 5.98. The topological polar surface area (TPSA) is 37.8 Å². The summed E-state index contributed by atoms with van der Waals surface area (Å²) in [6, 6.07) is 15.9. The second kappa shape index (κ2) is 6.80. The maximum atomic E-state index is 4.76. The summed E-state index contributed by atoms with van der Waals surface area (Å²) < 4.78 is 0. The first-order chi connectivity index (χ1) is 13.3. The monoisotopic (exact) mass is 355 g/mol. The van der Waals surface area contributed by atoms with Gasteiger partial charge in [0.25, 0.3) is 0 Å². The molecule has 0 saturated heterocycles. The lowest BCUT2D eigenvalue weighted by atomic mass is 9.93. The SMILES string of the molecule is CC1Cc2cc(-c3cccnc3-c3cccc(C4CCCC4)c3)cnc2N1. The summed E-state index contributed by atoms with van der Waals surface area (Å²) in [4.78, 5) is 9.42. The Morgan fingerprint density at radius 3 is 2.74 bits per heavy atom. The third kappa shape index (κ3) is 3.12. The van der Waals surface area contributed by atoms with Gasteiger partial charge in [-0.25, -0.2) is 4.98 Å². The van der Waals surface area contributed by atoms with Crippen molar-refractivity contribution in [3.8, 4) is 22.4 Å². The predicted molar refractivity (Wildman–Crippen MR) is 111 cm³/mol. The zero-order chi connectivity index (χ0) is 18.2. The lowest BCUT2D eigenvalue weighted by molar-refractivity contribution is 0.723. The van der Waals surface area contributed by atoms with Gasteiger partial charge in [-0.15, -0.1) is 0 Å². The lowest BCUT2D eigenvalue weighted by Crippen LogP contribution is -2.08. The third-order valence-electron chi connectivity index (χ3n) is 5.98. The smallest absolute Gasteiger partial charge is 0.129 e. The molecule has 0 radical (unpaired) electrons. The van der Waals surface area contributed by atoms with Crippen LogP contribution in [-0.2, 0) is 6.42 Å². The summed E-state index contributed by atoms with van der Waals surface area (Å²) in [5, 5.41) is 3.43. The van der Waals surface area contributed by atoms with Gasteiger partial charge in [0.1, 0.15) is 5.82 Å². The van der Waals surface area contributed by atoms with Crippen molar-refractivity contribution in [1.82, 2.24) is 9.97 Å². The fourth-order valence-corrected chi connectivity index (χ4v) is 4.62. The normalized spacial score (nSPS) is 19.1. The van der Waals surface area contributed by atoms with E-state index in [0.29, 0.717) is 12.0 Å². The van der Waals surface area contributed by atoms with Gasteiger partial charge in [-0.2, -0.15) is 0 Å². The highest BCUT2D eigenvalue weighted by atomic mass is 15.0. The van der Waals surface area contributed by atoms with E-state index in [0.717, 1.165) is 29.1 Å². The standard InChI is InChI=1S/C24H25N3/c1-16-12-20-14-21(15-26-24(20)27-16)22-10-5-11-25-23(22)19-9-4-8-18(13-19)17-6-2-3-7-17/h4-5,8-11,13-17H,2-3,6-7,12H2,1H3,(H,26,27). The van der Waals surface area contributed by atoms with Crippen molar-refractivity contribution in [1.29, 1.82) is 0 Å². The molecular weight excluding hydrogens is 330 g/mol. The first-order valence-corrected chi connectivity index (χ1v) is 10.1. The first kappa shape index (κ1) is 16.5. The molecule has 0 bridgehead atoms. The van der Waals surface area contributed by atoms with Crippen LogP contribution in [0.2, 0.25) is 0 Å². The van der Waals surface area contributed by atoms with E-state index in [1.807, 2.05) is 18.5 Å². The second-order valence-electron chi connectivity index (χ2n) is 7.99. The Bertz CT molecular complexity index is 973. The Morgan fingerprint density at radius 2 is 1.85 bits per heavy atom. The Balaban J connectivity index is 1.56. The van der Waals surface area contributed by atoms with Crippen LogP contribution in [0.4, 0.5) is 5.82 Å². The Morgan fingerprint density at radius 1 is 0.963 bits per heavy atom. The average Bonchev–Trinajstić information content (AvgIpc) is 3.36. The Labute approximate surface area is 160 Å². The second-order valence-corrected chi connectivity index (χ2v) is 7.99. The van der Waals surface area contributed by atoms with Crippen molar-refractivity contribution in [3.63, 3.8) is 0 Å². The number of rotatable bonds is 3. The molecule has 1 unspecified atom stereocenters. The fraction of sp³-hybridized carbons (Fsp3) is 0.333. The highest BCUT2D eigenvalue weighted by Crippen LogP contribution is 2.37. The molecule has 3 nitrogen and oxygen atoms in total. The minimum atomic E-state index is 0.458. The van der Waals surface area contributed by atoms with E-state index in [1.165, 1.54) is 42.4 Å². The largest absolute Gasteiger partial charge is 0.367 e. The molecule has 3 heteroatoms. The van der Waals surface area contributed by atoms with E-state index < -0.39 is 0 Å². The van der Waals surface area contributed by atoms with Crippen LogP contribution in [0.15, 0.2) is 54.9 Å². The minimum Gasteiger partial charge on any atom is -0.367 e. The molecule has 3 aromatic rings. The van der Waals surface area contributed by atoms with Gasteiger partial charge in [0.15, 0.2) is 0 Å². The number of fused-ring (bicyclic) bond motifs is 1. The van der Waals surface area contributed by atoms with Gasteiger partial charge in [-0.05, 0) is 61.4 Å². The van der Waals surface area contributed by atoms with Crippen molar-refractivity contribution in [2.24, 2.45) is 0 Å². The zero-order valence-corrected chi connectivity index (χ0v) is 15.8. The molecule has 1 aliphatic heterocycles. The van der Waals surface area contributed by atoms with Crippen molar-refractivity contribution in [3.05, 3.63) is 66.0 Å². The maximum absolute atomic E-state index is 4.76. The molecule has 1 atom stereocenters. The molecular formula is C24H25N3. The highest BCUT2D eigenvalue weighted by molar-refractivity contribution is 5.81. The molecule has 1 fully saturated rings. The highest BCUT2D eigenvalue weighted by Gasteiger charge is 2.20. The Kier molecular flexibility index (Phi) is 4.16. The summed E-state index contributed by atoms with van der Waals surface area (Å²) in [5.41, 5.74) is 7.34. The van der Waals surface area contributed by atoms with E-state index in [9.17, 15) is 0 Å². The number of nitrogens with zero attached hydrogens (tertiary/aromatic N) is 2. The molecule has 2 aliphatic rings. The van der Waals surface area contributed by atoms with Crippen LogP contribution < -0.4 is 5.32 Å². The van der Waals surface area contributed by atoms with Gasteiger partial charge in [0.2, 0.25) is 0 Å². The molecule has 1 aliphatic carbocycles. The Hall–Kier alpha value is -2.68. The summed E-state index contributed by atoms with van der Waals surface area (Å²) in [6.07, 6.45) is 10.3. The number of anilines is 1. The van der Waals surface area contributed by atoms with Gasteiger partial charge in [-0.3, -0.25) is 4.98 Å². The minimum absolute atomic E-state index is 0.458. The molecule has 27 heavy (non-hydrogen) atoms. The van der Waals surface area contributed by atoms with Crippen LogP contribution in [0.3, 0.4) is 0 Å². The quantitative estimate of drug-likeness (QED) is 0.643.